The maximum Gasteiger partial charge on any atom is 0.326 e. The average molecular weight is 603 g/mol. The first-order valence-electron chi connectivity index (χ1n) is 13.8. The number of rotatable bonds is 15. The number of primary amides is 1. The van der Waals surface area contributed by atoms with E-state index in [4.69, 9.17) is 11.5 Å². The SMILES string of the molecule is NC(=O)CC(NC(=O)C(Cc1cnc[nH]1)NC(=O)C(N)Cc1c[nH]c2ccccc12)C(=O)NC(Cc1ccccc1)C(=O)O. The first-order chi connectivity index (χ1) is 21.1. The predicted molar refractivity (Wildman–Crippen MR) is 160 cm³/mol. The molecule has 14 nitrogen and oxygen atoms in total. The van der Waals surface area contributed by atoms with Crippen molar-refractivity contribution in [2.45, 2.75) is 49.9 Å². The molecule has 2 heterocycles. The molecule has 2 aromatic heterocycles. The summed E-state index contributed by atoms with van der Waals surface area (Å²) in [5.74, 6) is -4.58. The number of carbonyl (C=O) groups excluding carboxylic acids is 4. The van der Waals surface area contributed by atoms with E-state index in [0.29, 0.717) is 11.3 Å². The van der Waals surface area contributed by atoms with Crippen LogP contribution in [0.5, 0.6) is 0 Å². The highest BCUT2D eigenvalue weighted by molar-refractivity contribution is 5.96. The molecule has 4 rings (SSSR count). The zero-order chi connectivity index (χ0) is 31.6. The minimum atomic E-state index is -1.52. The minimum Gasteiger partial charge on any atom is -0.480 e. The number of benzene rings is 2. The lowest BCUT2D eigenvalue weighted by Gasteiger charge is -2.24. The third kappa shape index (κ3) is 8.51. The van der Waals surface area contributed by atoms with Crippen molar-refractivity contribution in [3.8, 4) is 0 Å². The molecule has 10 N–H and O–H groups in total. The van der Waals surface area contributed by atoms with Crippen molar-refractivity contribution in [1.82, 2.24) is 30.9 Å². The Bertz CT molecular complexity index is 1600. The first kappa shape index (κ1) is 31.4. The van der Waals surface area contributed by atoms with Crippen LogP contribution in [-0.4, -0.2) is 73.8 Å². The molecule has 4 amide bonds. The van der Waals surface area contributed by atoms with Crippen LogP contribution in [0, 0.1) is 0 Å². The van der Waals surface area contributed by atoms with E-state index in [-0.39, 0.29) is 19.3 Å². The highest BCUT2D eigenvalue weighted by Gasteiger charge is 2.32. The second-order valence-electron chi connectivity index (χ2n) is 10.3. The molecule has 0 radical (unpaired) electrons. The normalized spacial score (nSPS) is 13.8. The van der Waals surface area contributed by atoms with Crippen LogP contribution in [0.4, 0.5) is 0 Å². The number of carbonyl (C=O) groups is 5. The topological polar surface area (TPSA) is 238 Å². The summed E-state index contributed by atoms with van der Waals surface area (Å²) >= 11 is 0. The number of fused-ring (bicyclic) bond motifs is 1. The molecule has 0 fully saturated rings. The lowest BCUT2D eigenvalue weighted by atomic mass is 10.0. The van der Waals surface area contributed by atoms with Crippen LogP contribution < -0.4 is 27.4 Å². The van der Waals surface area contributed by atoms with Crippen molar-refractivity contribution in [2.75, 3.05) is 0 Å². The number of para-hydroxylation sites is 1. The summed E-state index contributed by atoms with van der Waals surface area (Å²) in [6, 6.07) is 11.1. The summed E-state index contributed by atoms with van der Waals surface area (Å²) in [5, 5.41) is 18.1. The molecule has 4 atom stereocenters. The average Bonchev–Trinajstić information content (AvgIpc) is 3.66. The number of carboxylic acids is 1. The molecule has 4 unspecified atom stereocenters. The number of aliphatic carboxylic acids is 1. The van der Waals surface area contributed by atoms with E-state index in [2.05, 4.69) is 30.9 Å². The summed E-state index contributed by atoms with van der Waals surface area (Å²) in [6.45, 7) is 0. The van der Waals surface area contributed by atoms with E-state index in [1.54, 1.807) is 36.5 Å². The van der Waals surface area contributed by atoms with Gasteiger partial charge in [-0.3, -0.25) is 19.2 Å². The van der Waals surface area contributed by atoms with Crippen LogP contribution in [0.15, 0.2) is 73.3 Å². The molecule has 2 aromatic carbocycles. The monoisotopic (exact) mass is 602 g/mol. The summed E-state index contributed by atoms with van der Waals surface area (Å²) in [4.78, 5) is 73.4. The maximum absolute atomic E-state index is 13.5. The Kier molecular flexibility index (Phi) is 10.4. The molecule has 0 spiro atoms. The van der Waals surface area contributed by atoms with Gasteiger partial charge in [-0.2, -0.15) is 0 Å². The van der Waals surface area contributed by atoms with Crippen molar-refractivity contribution in [3.05, 3.63) is 90.1 Å². The van der Waals surface area contributed by atoms with Crippen molar-refractivity contribution >= 4 is 40.5 Å². The zero-order valence-corrected chi connectivity index (χ0v) is 23.7. The number of aromatic nitrogens is 3. The molecular formula is C30H34N8O6. The largest absolute Gasteiger partial charge is 0.480 e. The van der Waals surface area contributed by atoms with Gasteiger partial charge in [0.1, 0.15) is 18.1 Å². The summed E-state index contributed by atoms with van der Waals surface area (Å²) in [7, 11) is 0. The Morgan fingerprint density at radius 1 is 0.795 bits per heavy atom. The van der Waals surface area contributed by atoms with E-state index in [0.717, 1.165) is 16.5 Å². The number of hydrogen-bond acceptors (Lipinski definition) is 7. The van der Waals surface area contributed by atoms with Gasteiger partial charge in [0.15, 0.2) is 0 Å². The summed E-state index contributed by atoms with van der Waals surface area (Å²) in [6.07, 6.45) is 4.12. The Morgan fingerprint density at radius 3 is 2.14 bits per heavy atom. The Labute approximate surface area is 252 Å². The van der Waals surface area contributed by atoms with Gasteiger partial charge in [-0.15, -0.1) is 0 Å². The van der Waals surface area contributed by atoms with Gasteiger partial charge >= 0.3 is 5.97 Å². The van der Waals surface area contributed by atoms with Crippen LogP contribution in [-0.2, 0) is 43.2 Å². The first-order valence-corrected chi connectivity index (χ1v) is 13.8. The summed E-state index contributed by atoms with van der Waals surface area (Å²) < 4.78 is 0. The molecule has 44 heavy (non-hydrogen) atoms. The van der Waals surface area contributed by atoms with E-state index in [9.17, 15) is 29.1 Å². The van der Waals surface area contributed by atoms with Crippen molar-refractivity contribution < 1.29 is 29.1 Å². The molecule has 0 aliphatic heterocycles. The number of hydrogen-bond donors (Lipinski definition) is 8. The smallest absolute Gasteiger partial charge is 0.326 e. The number of aromatic amines is 2. The van der Waals surface area contributed by atoms with E-state index < -0.39 is 60.2 Å². The highest BCUT2D eigenvalue weighted by Crippen LogP contribution is 2.19. The number of nitrogens with zero attached hydrogens (tertiary/aromatic N) is 1. The molecule has 0 saturated carbocycles. The Morgan fingerprint density at radius 2 is 1.45 bits per heavy atom. The molecule has 14 heteroatoms. The zero-order valence-electron chi connectivity index (χ0n) is 23.7. The van der Waals surface area contributed by atoms with E-state index in [1.165, 1.54) is 12.5 Å². The van der Waals surface area contributed by atoms with Crippen molar-refractivity contribution in [1.29, 1.82) is 0 Å². The fraction of sp³-hybridized carbons (Fsp3) is 0.267. The van der Waals surface area contributed by atoms with Gasteiger partial charge in [-0.05, 0) is 23.6 Å². The molecule has 0 saturated heterocycles. The van der Waals surface area contributed by atoms with Gasteiger partial charge in [0.2, 0.25) is 23.6 Å². The number of H-pyrrole nitrogens is 2. The molecule has 0 bridgehead atoms. The van der Waals surface area contributed by atoms with Gasteiger partial charge in [0.05, 0.1) is 18.8 Å². The third-order valence-electron chi connectivity index (χ3n) is 7.00. The number of amides is 4. The number of imidazole rings is 1. The van der Waals surface area contributed by atoms with E-state index in [1.807, 2.05) is 24.3 Å². The molecule has 230 valence electrons. The van der Waals surface area contributed by atoms with Gasteiger partial charge in [-0.1, -0.05) is 48.5 Å². The number of nitrogens with one attached hydrogen (secondary N) is 5. The Balaban J connectivity index is 1.47. The van der Waals surface area contributed by atoms with Crippen LogP contribution in [0.3, 0.4) is 0 Å². The standard InChI is InChI=1S/C30H34N8O6/c31-21(11-18-14-34-22-9-5-4-8-20(18)22)27(40)36-23(12-19-15-33-16-35-19)28(41)37-24(13-26(32)39)29(42)38-25(30(43)44)10-17-6-2-1-3-7-17/h1-9,14-16,21,23-25,34H,10-13,31H2,(H2,32,39)(H,33,35)(H,36,40)(H,37,41)(H,38,42)(H,43,44). The van der Waals surface area contributed by atoms with Gasteiger partial charge < -0.3 is 42.5 Å². The van der Waals surface area contributed by atoms with Crippen LogP contribution in [0.1, 0.15) is 23.2 Å². The van der Waals surface area contributed by atoms with Crippen molar-refractivity contribution in [3.63, 3.8) is 0 Å². The number of carboxylic acid groups (broad SMARTS) is 1. The van der Waals surface area contributed by atoms with Crippen LogP contribution in [0.25, 0.3) is 10.9 Å². The number of nitrogens with two attached hydrogens (primary N) is 2. The van der Waals surface area contributed by atoms with Crippen LogP contribution in [0.2, 0.25) is 0 Å². The van der Waals surface area contributed by atoms with Crippen LogP contribution >= 0.6 is 0 Å². The second kappa shape index (κ2) is 14.6. The Hall–Kier alpha value is -5.50. The quantitative estimate of drug-likeness (QED) is 0.0893. The second-order valence-corrected chi connectivity index (χ2v) is 10.3. The molecular weight excluding hydrogens is 568 g/mol. The summed E-state index contributed by atoms with van der Waals surface area (Å²) in [5.41, 5.74) is 14.4. The predicted octanol–water partition coefficient (Wildman–Crippen LogP) is -0.339. The molecule has 0 aliphatic rings. The molecule has 4 aromatic rings. The van der Waals surface area contributed by atoms with E-state index >= 15 is 0 Å². The minimum absolute atomic E-state index is 0.0357. The maximum atomic E-state index is 13.5. The molecule has 0 aliphatic carbocycles. The third-order valence-corrected chi connectivity index (χ3v) is 7.00. The fourth-order valence-electron chi connectivity index (χ4n) is 4.74. The fourth-order valence-corrected chi connectivity index (χ4v) is 4.74. The van der Waals surface area contributed by atoms with Gasteiger partial charge in [0.25, 0.3) is 0 Å². The van der Waals surface area contributed by atoms with Crippen molar-refractivity contribution in [2.24, 2.45) is 11.5 Å². The van der Waals surface area contributed by atoms with Gasteiger partial charge in [-0.25, -0.2) is 9.78 Å². The van der Waals surface area contributed by atoms with Gasteiger partial charge in [0, 0.05) is 41.8 Å². The highest BCUT2D eigenvalue weighted by atomic mass is 16.4. The lowest BCUT2D eigenvalue weighted by Crippen LogP contribution is -2.58. The lowest BCUT2D eigenvalue weighted by molar-refractivity contribution is -0.142.